The Kier molecular flexibility index (Phi) is 3.88. The molecule has 2 aromatic rings. The van der Waals surface area contributed by atoms with Crippen molar-refractivity contribution in [1.82, 2.24) is 15.4 Å². The molecule has 7 heteroatoms. The van der Waals surface area contributed by atoms with Gasteiger partial charge in [0.1, 0.15) is 5.65 Å². The monoisotopic (exact) mass is 366 g/mol. The summed E-state index contributed by atoms with van der Waals surface area (Å²) in [6.45, 7) is 4.15. The van der Waals surface area contributed by atoms with Crippen LogP contribution in [-0.2, 0) is 0 Å². The summed E-state index contributed by atoms with van der Waals surface area (Å²) in [5.74, 6) is 1.62. The zero-order chi connectivity index (χ0) is 18.8. The van der Waals surface area contributed by atoms with Crippen molar-refractivity contribution < 1.29 is 10.1 Å². The molecule has 6 nitrogen and oxygen atoms in total. The number of fused-ring (bicyclic) bond motifs is 1. The molecular formula is C20H27BN4O2. The Morgan fingerprint density at radius 3 is 3.00 bits per heavy atom. The van der Waals surface area contributed by atoms with E-state index in [9.17, 15) is 10.1 Å². The second kappa shape index (κ2) is 6.07. The first-order valence-corrected chi connectivity index (χ1v) is 10.1. The van der Waals surface area contributed by atoms with E-state index in [2.05, 4.69) is 29.2 Å². The van der Waals surface area contributed by atoms with E-state index in [1.807, 2.05) is 12.3 Å². The van der Waals surface area contributed by atoms with Gasteiger partial charge in [0.2, 0.25) is 0 Å². The van der Waals surface area contributed by atoms with Gasteiger partial charge in [0, 0.05) is 35.3 Å². The molecule has 4 aliphatic carbocycles. The van der Waals surface area contributed by atoms with E-state index in [4.69, 9.17) is 5.10 Å². The highest BCUT2D eigenvalue weighted by atomic mass is 16.3. The molecule has 0 aliphatic heterocycles. The maximum atomic E-state index is 11.2. The first-order chi connectivity index (χ1) is 13.0. The van der Waals surface area contributed by atoms with Gasteiger partial charge in [-0.1, -0.05) is 0 Å². The lowest BCUT2D eigenvalue weighted by Crippen LogP contribution is -2.37. The van der Waals surface area contributed by atoms with Crippen LogP contribution in [0.3, 0.4) is 0 Å². The van der Waals surface area contributed by atoms with Crippen LogP contribution in [0.2, 0.25) is 0 Å². The zero-order valence-electron chi connectivity index (χ0n) is 15.9. The van der Waals surface area contributed by atoms with Gasteiger partial charge in [0.25, 0.3) is 0 Å². The van der Waals surface area contributed by atoms with Crippen molar-refractivity contribution in [3.05, 3.63) is 24.0 Å². The van der Waals surface area contributed by atoms with Crippen LogP contribution in [0.1, 0.15) is 45.1 Å². The van der Waals surface area contributed by atoms with Crippen LogP contribution in [0.15, 0.2) is 23.6 Å². The van der Waals surface area contributed by atoms with E-state index >= 15 is 0 Å². The molecule has 5 atom stereocenters. The largest absolute Gasteiger partial charge is 0.449 e. The second-order valence-electron chi connectivity index (χ2n) is 9.08. The predicted molar refractivity (Wildman–Crippen MR) is 107 cm³/mol. The van der Waals surface area contributed by atoms with Gasteiger partial charge in [0.05, 0.1) is 11.3 Å². The van der Waals surface area contributed by atoms with E-state index < -0.39 is 5.60 Å². The standard InChI is InChI=1S/C20H27BN4O2/c1-10(2)24-25-18(16-12-5-11-6-14(16)20(26,7-11)8-12)17-13-3-4-22-19(13)23-9-15(17)21-27/h3-4,9-12,14,16,21,24,26-27H,5-8H2,1-2H3,(H,22,23)/b25-18-. The lowest BCUT2D eigenvalue weighted by Gasteiger charge is -2.33. The van der Waals surface area contributed by atoms with Crippen molar-refractivity contribution in [1.29, 1.82) is 0 Å². The highest BCUT2D eigenvalue weighted by Gasteiger charge is 2.63. The summed E-state index contributed by atoms with van der Waals surface area (Å²) in [4.78, 5) is 7.62. The van der Waals surface area contributed by atoms with Gasteiger partial charge in [0.15, 0.2) is 0 Å². The average Bonchev–Trinajstić information content (AvgIpc) is 3.24. The maximum absolute atomic E-state index is 11.2. The molecule has 4 aliphatic rings. The number of nitrogens with zero attached hydrogens (tertiary/aromatic N) is 2. The Labute approximate surface area is 159 Å². The van der Waals surface area contributed by atoms with E-state index in [0.29, 0.717) is 11.8 Å². The Bertz CT molecular complexity index is 911. The van der Waals surface area contributed by atoms with E-state index in [-0.39, 0.29) is 25.4 Å². The lowest BCUT2D eigenvalue weighted by molar-refractivity contribution is 0.00919. The summed E-state index contributed by atoms with van der Waals surface area (Å²) < 4.78 is 0. The predicted octanol–water partition coefficient (Wildman–Crippen LogP) is 1.03. The average molecular weight is 366 g/mol. The van der Waals surface area contributed by atoms with Gasteiger partial charge < -0.3 is 20.5 Å². The Hall–Kier alpha value is -1.86. The normalized spacial score (nSPS) is 34.8. The zero-order valence-corrected chi connectivity index (χ0v) is 15.9. The number of hydrogen-bond acceptors (Lipinski definition) is 5. The van der Waals surface area contributed by atoms with Crippen LogP contribution in [0.4, 0.5) is 0 Å². The fourth-order valence-corrected chi connectivity index (χ4v) is 6.16. The van der Waals surface area contributed by atoms with Gasteiger partial charge in [-0.2, -0.15) is 5.10 Å². The molecule has 4 fully saturated rings. The van der Waals surface area contributed by atoms with Crippen molar-refractivity contribution in [3.8, 4) is 0 Å². The molecule has 0 radical (unpaired) electrons. The van der Waals surface area contributed by atoms with Crippen LogP contribution in [-0.4, -0.2) is 44.9 Å². The summed E-state index contributed by atoms with van der Waals surface area (Å²) in [6, 6.07) is 2.24. The molecule has 4 N–H and O–H groups in total. The van der Waals surface area contributed by atoms with Crippen molar-refractivity contribution in [2.24, 2.45) is 28.8 Å². The number of aromatic nitrogens is 2. The number of rotatable bonds is 5. The molecule has 0 saturated heterocycles. The topological polar surface area (TPSA) is 93.5 Å². The SMILES string of the molecule is CC(C)N/N=C(\c1c(BO)cnc2[nH]ccc12)C1C2CC3CC1C(O)(C3)C2. The first kappa shape index (κ1) is 17.3. The number of aliphatic hydroxyl groups is 1. The third-order valence-corrected chi connectivity index (χ3v) is 6.96. The number of hydrogen-bond donors (Lipinski definition) is 4. The molecule has 2 heterocycles. The van der Waals surface area contributed by atoms with Crippen molar-refractivity contribution in [2.45, 2.75) is 51.2 Å². The Balaban J connectivity index is 1.68. The number of pyridine rings is 1. The first-order valence-electron chi connectivity index (χ1n) is 10.1. The fourth-order valence-electron chi connectivity index (χ4n) is 6.16. The minimum atomic E-state index is -0.527. The molecule has 2 aromatic heterocycles. The van der Waals surface area contributed by atoms with Crippen LogP contribution in [0, 0.1) is 23.7 Å². The van der Waals surface area contributed by atoms with Gasteiger partial charge in [-0.05, 0) is 68.8 Å². The van der Waals surface area contributed by atoms with Gasteiger partial charge >= 0.3 is 7.48 Å². The van der Waals surface area contributed by atoms with Crippen molar-refractivity contribution in [2.75, 3.05) is 0 Å². The van der Waals surface area contributed by atoms with E-state index in [1.165, 1.54) is 6.42 Å². The second-order valence-corrected chi connectivity index (χ2v) is 9.08. The highest BCUT2D eigenvalue weighted by molar-refractivity contribution is 6.49. The molecule has 5 unspecified atom stereocenters. The summed E-state index contributed by atoms with van der Waals surface area (Å²) in [5, 5.41) is 27.1. The Morgan fingerprint density at radius 2 is 2.26 bits per heavy atom. The van der Waals surface area contributed by atoms with Crippen molar-refractivity contribution in [3.63, 3.8) is 0 Å². The number of nitrogens with one attached hydrogen (secondary N) is 2. The summed E-state index contributed by atoms with van der Waals surface area (Å²) in [7, 11) is -0.0703. The van der Waals surface area contributed by atoms with Crippen LogP contribution in [0.5, 0.6) is 0 Å². The van der Waals surface area contributed by atoms with Gasteiger partial charge in [-0.15, -0.1) is 0 Å². The smallest absolute Gasteiger partial charge is 0.307 e. The van der Waals surface area contributed by atoms with E-state index in [0.717, 1.165) is 47.0 Å². The molecular weight excluding hydrogens is 339 g/mol. The maximum Gasteiger partial charge on any atom is 0.307 e. The summed E-state index contributed by atoms with van der Waals surface area (Å²) >= 11 is 0. The van der Waals surface area contributed by atoms with Crippen LogP contribution >= 0.6 is 0 Å². The molecule has 142 valence electrons. The molecule has 4 bridgehead atoms. The Morgan fingerprint density at radius 1 is 1.41 bits per heavy atom. The third-order valence-electron chi connectivity index (χ3n) is 6.96. The molecule has 0 spiro atoms. The highest BCUT2D eigenvalue weighted by Crippen LogP contribution is 2.63. The minimum Gasteiger partial charge on any atom is -0.449 e. The molecule has 27 heavy (non-hydrogen) atoms. The molecule has 0 aromatic carbocycles. The number of H-pyrrole nitrogens is 1. The number of hydrazone groups is 1. The third kappa shape index (κ3) is 2.55. The summed E-state index contributed by atoms with van der Waals surface area (Å²) in [5.41, 5.74) is 6.32. The van der Waals surface area contributed by atoms with Gasteiger partial charge in [-0.3, -0.25) is 0 Å². The quantitative estimate of drug-likeness (QED) is 0.361. The van der Waals surface area contributed by atoms with Crippen LogP contribution < -0.4 is 10.9 Å². The molecule has 4 saturated carbocycles. The van der Waals surface area contributed by atoms with E-state index in [1.54, 1.807) is 6.20 Å². The minimum absolute atomic E-state index is 0.0703. The number of aromatic amines is 1. The molecule has 0 amide bonds. The summed E-state index contributed by atoms with van der Waals surface area (Å²) in [6.07, 6.45) is 7.73. The van der Waals surface area contributed by atoms with Crippen LogP contribution in [0.25, 0.3) is 11.0 Å². The fraction of sp³-hybridized carbons (Fsp3) is 0.600. The molecule has 6 rings (SSSR count). The lowest BCUT2D eigenvalue weighted by atomic mass is 9.70. The van der Waals surface area contributed by atoms with Gasteiger partial charge in [-0.25, -0.2) is 4.98 Å². The van der Waals surface area contributed by atoms with Crippen molar-refractivity contribution >= 4 is 29.7 Å².